The van der Waals surface area contributed by atoms with Gasteiger partial charge in [-0.1, -0.05) is 6.92 Å². The normalized spacial score (nSPS) is 19.5. The fourth-order valence-corrected chi connectivity index (χ4v) is 3.02. The molecule has 0 bridgehead atoms. The molecule has 0 amide bonds. The average molecular weight is 291 g/mol. The van der Waals surface area contributed by atoms with E-state index < -0.39 is 5.97 Å². The van der Waals surface area contributed by atoms with E-state index in [9.17, 15) is 9.90 Å². The fraction of sp³-hybridized carbons (Fsp3) is 0.588. The molecule has 4 nitrogen and oxygen atoms in total. The lowest BCUT2D eigenvalue weighted by atomic mass is 9.92. The van der Waals surface area contributed by atoms with Crippen molar-refractivity contribution in [2.75, 3.05) is 24.6 Å². The van der Waals surface area contributed by atoms with Crippen LogP contribution in [-0.2, 0) is 4.79 Å². The number of anilines is 1. The number of nitrogens with zero attached hydrogens (tertiary/aromatic N) is 1. The molecular weight excluding hydrogens is 266 g/mol. The van der Waals surface area contributed by atoms with Gasteiger partial charge in [0, 0.05) is 18.8 Å². The average Bonchev–Trinajstić information content (AvgIpc) is 2.94. The van der Waals surface area contributed by atoms with Crippen molar-refractivity contribution in [1.82, 2.24) is 0 Å². The van der Waals surface area contributed by atoms with Crippen molar-refractivity contribution < 1.29 is 14.6 Å². The highest BCUT2D eigenvalue weighted by Crippen LogP contribution is 2.29. The predicted molar refractivity (Wildman–Crippen MR) is 84.0 cm³/mol. The van der Waals surface area contributed by atoms with Crippen LogP contribution < -0.4 is 9.64 Å². The molecule has 1 saturated heterocycles. The molecule has 1 N–H and O–H groups in total. The first-order valence-corrected chi connectivity index (χ1v) is 7.84. The Morgan fingerprint density at radius 1 is 1.38 bits per heavy atom. The van der Waals surface area contributed by atoms with Gasteiger partial charge in [-0.3, -0.25) is 4.79 Å². The quantitative estimate of drug-likeness (QED) is 0.836. The van der Waals surface area contributed by atoms with Crippen molar-refractivity contribution in [3.8, 4) is 5.75 Å². The van der Waals surface area contributed by atoms with Crippen LogP contribution >= 0.6 is 0 Å². The van der Waals surface area contributed by atoms with Crippen LogP contribution in [0.15, 0.2) is 24.3 Å². The summed E-state index contributed by atoms with van der Waals surface area (Å²) in [5.41, 5.74) is 1.20. The standard InChI is InChI=1S/C17H25NO3/c1-3-14(17(19)20)11-13-9-10-18(12-13)15-5-7-16(8-6-15)21-4-2/h5-8,13-14H,3-4,9-12H2,1-2H3,(H,19,20). The summed E-state index contributed by atoms with van der Waals surface area (Å²) < 4.78 is 5.45. The summed E-state index contributed by atoms with van der Waals surface area (Å²) in [5, 5.41) is 9.17. The second-order valence-corrected chi connectivity index (χ2v) is 5.71. The summed E-state index contributed by atoms with van der Waals surface area (Å²) in [6.07, 6.45) is 2.59. The predicted octanol–water partition coefficient (Wildman–Crippen LogP) is 3.41. The third-order valence-corrected chi connectivity index (χ3v) is 4.26. The Kier molecular flexibility index (Phi) is 5.48. The zero-order chi connectivity index (χ0) is 15.2. The van der Waals surface area contributed by atoms with Gasteiger partial charge in [-0.25, -0.2) is 0 Å². The molecule has 1 fully saturated rings. The molecule has 2 rings (SSSR count). The molecule has 2 unspecified atom stereocenters. The van der Waals surface area contributed by atoms with Gasteiger partial charge in [0.15, 0.2) is 0 Å². The summed E-state index contributed by atoms with van der Waals surface area (Å²) in [5.74, 6) is 0.527. The zero-order valence-corrected chi connectivity index (χ0v) is 12.9. The van der Waals surface area contributed by atoms with Crippen LogP contribution in [-0.4, -0.2) is 30.8 Å². The van der Waals surface area contributed by atoms with E-state index in [2.05, 4.69) is 17.0 Å². The maximum absolute atomic E-state index is 11.1. The molecule has 1 aliphatic heterocycles. The third kappa shape index (κ3) is 4.13. The Morgan fingerprint density at radius 3 is 2.67 bits per heavy atom. The van der Waals surface area contributed by atoms with Gasteiger partial charge in [0.05, 0.1) is 12.5 Å². The van der Waals surface area contributed by atoms with E-state index in [1.165, 1.54) is 5.69 Å². The Labute approximate surface area is 126 Å². The summed E-state index contributed by atoms with van der Waals surface area (Å²) >= 11 is 0. The molecule has 1 aliphatic rings. The second-order valence-electron chi connectivity index (χ2n) is 5.71. The number of carboxylic acids is 1. The molecule has 0 radical (unpaired) electrons. The molecule has 0 aromatic heterocycles. The zero-order valence-electron chi connectivity index (χ0n) is 12.9. The monoisotopic (exact) mass is 291 g/mol. The minimum Gasteiger partial charge on any atom is -0.494 e. The van der Waals surface area contributed by atoms with Gasteiger partial charge in [0.25, 0.3) is 0 Å². The molecule has 1 aromatic rings. The smallest absolute Gasteiger partial charge is 0.306 e. The van der Waals surface area contributed by atoms with Crippen molar-refractivity contribution in [3.63, 3.8) is 0 Å². The Morgan fingerprint density at radius 2 is 2.10 bits per heavy atom. The summed E-state index contributed by atoms with van der Waals surface area (Å²) in [6.45, 7) is 6.58. The van der Waals surface area contributed by atoms with E-state index in [1.807, 2.05) is 26.0 Å². The lowest BCUT2D eigenvalue weighted by Crippen LogP contribution is -2.22. The van der Waals surface area contributed by atoms with Crippen molar-refractivity contribution in [2.45, 2.75) is 33.1 Å². The second kappa shape index (κ2) is 7.34. The molecular formula is C17H25NO3. The van der Waals surface area contributed by atoms with E-state index in [0.29, 0.717) is 12.5 Å². The van der Waals surface area contributed by atoms with Crippen LogP contribution in [0, 0.1) is 11.8 Å². The first-order chi connectivity index (χ1) is 10.1. The van der Waals surface area contributed by atoms with Gasteiger partial charge in [0.2, 0.25) is 0 Å². The largest absolute Gasteiger partial charge is 0.494 e. The van der Waals surface area contributed by atoms with Crippen LogP contribution in [0.4, 0.5) is 5.69 Å². The number of aliphatic carboxylic acids is 1. The van der Waals surface area contributed by atoms with Gasteiger partial charge in [0.1, 0.15) is 5.75 Å². The van der Waals surface area contributed by atoms with Crippen LogP contribution in [0.5, 0.6) is 5.75 Å². The lowest BCUT2D eigenvalue weighted by molar-refractivity contribution is -0.142. The van der Waals surface area contributed by atoms with Crippen LogP contribution in [0.25, 0.3) is 0 Å². The highest BCUT2D eigenvalue weighted by molar-refractivity contribution is 5.69. The van der Waals surface area contributed by atoms with Gasteiger partial charge >= 0.3 is 5.97 Å². The highest BCUT2D eigenvalue weighted by Gasteiger charge is 2.27. The molecule has 21 heavy (non-hydrogen) atoms. The molecule has 116 valence electrons. The minimum atomic E-state index is -0.656. The molecule has 0 saturated carbocycles. The first-order valence-electron chi connectivity index (χ1n) is 7.84. The van der Waals surface area contributed by atoms with Gasteiger partial charge < -0.3 is 14.7 Å². The Bertz CT molecular complexity index is 458. The summed E-state index contributed by atoms with van der Waals surface area (Å²) in [6, 6.07) is 8.17. The highest BCUT2D eigenvalue weighted by atomic mass is 16.5. The van der Waals surface area contributed by atoms with Crippen LogP contribution in [0.2, 0.25) is 0 Å². The SMILES string of the molecule is CCOc1ccc(N2CCC(CC(CC)C(=O)O)C2)cc1. The number of carboxylic acid groups (broad SMARTS) is 1. The molecule has 0 aliphatic carbocycles. The number of hydrogen-bond donors (Lipinski definition) is 1. The maximum Gasteiger partial charge on any atom is 0.306 e. The first kappa shape index (κ1) is 15.7. The van der Waals surface area contributed by atoms with Crippen molar-refractivity contribution in [2.24, 2.45) is 11.8 Å². The van der Waals surface area contributed by atoms with Crippen molar-refractivity contribution in [3.05, 3.63) is 24.3 Å². The third-order valence-electron chi connectivity index (χ3n) is 4.26. The molecule has 2 atom stereocenters. The number of rotatable bonds is 7. The molecule has 1 heterocycles. The van der Waals surface area contributed by atoms with E-state index in [-0.39, 0.29) is 5.92 Å². The maximum atomic E-state index is 11.1. The Balaban J connectivity index is 1.91. The Hall–Kier alpha value is -1.71. The number of ether oxygens (including phenoxy) is 1. The summed E-state index contributed by atoms with van der Waals surface area (Å²) in [4.78, 5) is 13.5. The van der Waals surface area contributed by atoms with E-state index in [0.717, 1.165) is 38.1 Å². The van der Waals surface area contributed by atoms with Crippen molar-refractivity contribution >= 4 is 11.7 Å². The van der Waals surface area contributed by atoms with Gasteiger partial charge in [-0.2, -0.15) is 0 Å². The minimum absolute atomic E-state index is 0.199. The van der Waals surface area contributed by atoms with Crippen LogP contribution in [0.1, 0.15) is 33.1 Å². The van der Waals surface area contributed by atoms with E-state index in [1.54, 1.807) is 0 Å². The number of carbonyl (C=O) groups is 1. The fourth-order valence-electron chi connectivity index (χ4n) is 3.02. The van der Waals surface area contributed by atoms with E-state index in [4.69, 9.17) is 4.74 Å². The molecule has 1 aromatic carbocycles. The number of hydrogen-bond acceptors (Lipinski definition) is 3. The molecule has 0 spiro atoms. The van der Waals surface area contributed by atoms with Crippen LogP contribution in [0.3, 0.4) is 0 Å². The summed E-state index contributed by atoms with van der Waals surface area (Å²) in [7, 11) is 0. The van der Waals surface area contributed by atoms with Gasteiger partial charge in [-0.05, 0) is 56.4 Å². The van der Waals surface area contributed by atoms with Crippen molar-refractivity contribution in [1.29, 1.82) is 0 Å². The molecule has 4 heteroatoms. The van der Waals surface area contributed by atoms with Gasteiger partial charge in [-0.15, -0.1) is 0 Å². The topological polar surface area (TPSA) is 49.8 Å². The number of benzene rings is 1. The lowest BCUT2D eigenvalue weighted by Gasteiger charge is -2.20. The van der Waals surface area contributed by atoms with E-state index >= 15 is 0 Å².